The highest BCUT2D eigenvalue weighted by molar-refractivity contribution is 6.17. The molecule has 0 atom stereocenters. The van der Waals surface area contributed by atoms with E-state index in [1.807, 2.05) is 31.7 Å². The van der Waals surface area contributed by atoms with Gasteiger partial charge in [-0.2, -0.15) is 0 Å². The van der Waals surface area contributed by atoms with E-state index in [1.165, 1.54) is 0 Å². The van der Waals surface area contributed by atoms with Gasteiger partial charge >= 0.3 is 0 Å². The van der Waals surface area contributed by atoms with Crippen molar-refractivity contribution >= 4 is 23.4 Å². The average Bonchev–Trinajstić information content (AvgIpc) is 2.62. The molecule has 6 heteroatoms. The first kappa shape index (κ1) is 19.6. The number of hydrogen-bond donors (Lipinski definition) is 0. The van der Waals surface area contributed by atoms with E-state index < -0.39 is 0 Å². The van der Waals surface area contributed by atoms with Crippen molar-refractivity contribution in [2.24, 2.45) is 0 Å². The lowest BCUT2D eigenvalue weighted by atomic mass is 10.1. The molecular weight excluding hydrogens is 340 g/mol. The standard InChI is InChI=1S/C19H27ClN2O3/c1-14-6-7-15(2)19(16(14)3)25-13-18(24)22-11-9-21(10-12-22)17(23)5-4-8-20/h6-7H,4-5,8-13H2,1-3H3. The summed E-state index contributed by atoms with van der Waals surface area (Å²) in [6, 6.07) is 4.06. The number of rotatable bonds is 6. The number of amides is 2. The first-order valence-electron chi connectivity index (χ1n) is 8.75. The molecule has 138 valence electrons. The maximum atomic E-state index is 12.4. The fourth-order valence-electron chi connectivity index (χ4n) is 2.95. The van der Waals surface area contributed by atoms with Crippen LogP contribution in [0.4, 0.5) is 0 Å². The second kappa shape index (κ2) is 9.09. The molecule has 0 radical (unpaired) electrons. The van der Waals surface area contributed by atoms with Crippen LogP contribution in [0.1, 0.15) is 29.5 Å². The third kappa shape index (κ3) is 5.11. The second-order valence-electron chi connectivity index (χ2n) is 6.50. The predicted octanol–water partition coefficient (Wildman–Crippen LogP) is 2.68. The summed E-state index contributed by atoms with van der Waals surface area (Å²) in [5, 5.41) is 0. The van der Waals surface area contributed by atoms with Crippen molar-refractivity contribution in [2.45, 2.75) is 33.6 Å². The van der Waals surface area contributed by atoms with Gasteiger partial charge in [0.25, 0.3) is 5.91 Å². The van der Waals surface area contributed by atoms with Crippen LogP contribution in [-0.2, 0) is 9.59 Å². The SMILES string of the molecule is Cc1ccc(C)c(OCC(=O)N2CCN(C(=O)CCCCl)CC2)c1C. The van der Waals surface area contributed by atoms with Crippen molar-refractivity contribution in [3.05, 3.63) is 28.8 Å². The third-order valence-corrected chi connectivity index (χ3v) is 4.99. The minimum atomic E-state index is -0.0341. The zero-order valence-corrected chi connectivity index (χ0v) is 16.1. The number of aryl methyl sites for hydroxylation is 2. The van der Waals surface area contributed by atoms with E-state index in [0.717, 1.165) is 22.4 Å². The molecule has 0 unspecified atom stereocenters. The lowest BCUT2D eigenvalue weighted by molar-refractivity contribution is -0.140. The molecule has 1 aliphatic heterocycles. The first-order valence-corrected chi connectivity index (χ1v) is 9.28. The summed E-state index contributed by atoms with van der Waals surface area (Å²) in [6.07, 6.45) is 1.18. The number of hydrogen-bond acceptors (Lipinski definition) is 3. The van der Waals surface area contributed by atoms with Gasteiger partial charge in [0.2, 0.25) is 5.91 Å². The maximum Gasteiger partial charge on any atom is 0.260 e. The van der Waals surface area contributed by atoms with Crippen LogP contribution in [-0.4, -0.2) is 60.3 Å². The summed E-state index contributed by atoms with van der Waals surface area (Å²) in [5.41, 5.74) is 3.25. The molecule has 1 fully saturated rings. The van der Waals surface area contributed by atoms with Gasteiger partial charge in [-0.25, -0.2) is 0 Å². The van der Waals surface area contributed by atoms with Crippen molar-refractivity contribution in [1.29, 1.82) is 0 Å². The number of carbonyl (C=O) groups excluding carboxylic acids is 2. The van der Waals surface area contributed by atoms with Crippen molar-refractivity contribution in [3.63, 3.8) is 0 Å². The van der Waals surface area contributed by atoms with Crippen LogP contribution < -0.4 is 4.74 Å². The molecule has 0 N–H and O–H groups in total. The largest absolute Gasteiger partial charge is 0.483 e. The Kier molecular flexibility index (Phi) is 7.12. The molecule has 1 aromatic rings. The molecule has 1 aromatic carbocycles. The Morgan fingerprint density at radius 1 is 1.00 bits per heavy atom. The number of ether oxygens (including phenoxy) is 1. The molecule has 25 heavy (non-hydrogen) atoms. The van der Waals surface area contributed by atoms with Crippen LogP contribution in [0.5, 0.6) is 5.75 Å². The number of nitrogens with zero attached hydrogens (tertiary/aromatic N) is 2. The van der Waals surface area contributed by atoms with E-state index >= 15 is 0 Å². The van der Waals surface area contributed by atoms with Crippen molar-refractivity contribution in [3.8, 4) is 5.75 Å². The van der Waals surface area contributed by atoms with Gasteiger partial charge in [-0.1, -0.05) is 12.1 Å². The number of carbonyl (C=O) groups is 2. The summed E-state index contributed by atoms with van der Waals surface area (Å²) >= 11 is 5.63. The van der Waals surface area contributed by atoms with Crippen molar-refractivity contribution < 1.29 is 14.3 Å². The Bertz CT molecular complexity index is 625. The number of benzene rings is 1. The third-order valence-electron chi connectivity index (χ3n) is 4.72. The van der Waals surface area contributed by atoms with Crippen LogP contribution >= 0.6 is 11.6 Å². The molecule has 1 heterocycles. The monoisotopic (exact) mass is 366 g/mol. The van der Waals surface area contributed by atoms with Gasteiger partial charge < -0.3 is 14.5 Å². The summed E-state index contributed by atoms with van der Waals surface area (Å²) in [6.45, 7) is 8.33. The fourth-order valence-corrected chi connectivity index (χ4v) is 3.09. The van der Waals surface area contributed by atoms with Gasteiger partial charge in [0, 0.05) is 38.5 Å². The molecule has 0 bridgehead atoms. The second-order valence-corrected chi connectivity index (χ2v) is 6.87. The summed E-state index contributed by atoms with van der Waals surface area (Å²) in [4.78, 5) is 28.0. The fraction of sp³-hybridized carbons (Fsp3) is 0.579. The molecule has 0 aliphatic carbocycles. The van der Waals surface area contributed by atoms with Gasteiger partial charge in [0.1, 0.15) is 5.75 Å². The maximum absolute atomic E-state index is 12.4. The molecule has 1 saturated heterocycles. The smallest absolute Gasteiger partial charge is 0.260 e. The zero-order valence-electron chi connectivity index (χ0n) is 15.3. The summed E-state index contributed by atoms with van der Waals surface area (Å²) in [5.74, 6) is 1.38. The number of alkyl halides is 1. The predicted molar refractivity (Wildman–Crippen MR) is 99.3 cm³/mol. The van der Waals surface area contributed by atoms with Crippen LogP contribution in [0, 0.1) is 20.8 Å². The van der Waals surface area contributed by atoms with Crippen LogP contribution in [0.3, 0.4) is 0 Å². The van der Waals surface area contributed by atoms with Gasteiger partial charge in [0.15, 0.2) is 6.61 Å². The van der Waals surface area contributed by atoms with E-state index in [0.29, 0.717) is 44.9 Å². The zero-order chi connectivity index (χ0) is 18.4. The molecule has 2 amide bonds. The minimum Gasteiger partial charge on any atom is -0.483 e. The van der Waals surface area contributed by atoms with Crippen LogP contribution in [0.2, 0.25) is 0 Å². The lowest BCUT2D eigenvalue weighted by Crippen LogP contribution is -2.51. The number of piperazine rings is 1. The molecule has 2 rings (SSSR count). The van der Waals surface area contributed by atoms with Crippen LogP contribution in [0.25, 0.3) is 0 Å². The van der Waals surface area contributed by atoms with E-state index in [1.54, 1.807) is 4.90 Å². The lowest BCUT2D eigenvalue weighted by Gasteiger charge is -2.34. The molecule has 0 aromatic heterocycles. The highest BCUT2D eigenvalue weighted by Gasteiger charge is 2.24. The molecule has 5 nitrogen and oxygen atoms in total. The Morgan fingerprint density at radius 2 is 1.56 bits per heavy atom. The summed E-state index contributed by atoms with van der Waals surface area (Å²) < 4.78 is 5.80. The molecular formula is C19H27ClN2O3. The Balaban J connectivity index is 1.83. The van der Waals surface area contributed by atoms with E-state index in [-0.39, 0.29) is 18.4 Å². The molecule has 0 saturated carbocycles. The topological polar surface area (TPSA) is 49.9 Å². The van der Waals surface area contributed by atoms with E-state index in [2.05, 4.69) is 6.07 Å². The highest BCUT2D eigenvalue weighted by Crippen LogP contribution is 2.25. The van der Waals surface area contributed by atoms with Gasteiger partial charge in [-0.15, -0.1) is 11.6 Å². The number of halogens is 1. The van der Waals surface area contributed by atoms with Crippen molar-refractivity contribution in [1.82, 2.24) is 9.80 Å². The van der Waals surface area contributed by atoms with Gasteiger partial charge in [-0.3, -0.25) is 9.59 Å². The Morgan fingerprint density at radius 3 is 2.16 bits per heavy atom. The molecule has 0 spiro atoms. The van der Waals surface area contributed by atoms with E-state index in [9.17, 15) is 9.59 Å². The minimum absolute atomic E-state index is 0.0331. The Labute approximate surface area is 154 Å². The van der Waals surface area contributed by atoms with Gasteiger partial charge in [-0.05, 0) is 43.9 Å². The van der Waals surface area contributed by atoms with Crippen molar-refractivity contribution in [2.75, 3.05) is 38.7 Å². The van der Waals surface area contributed by atoms with Crippen LogP contribution in [0.15, 0.2) is 12.1 Å². The normalized spacial score (nSPS) is 14.6. The molecule has 1 aliphatic rings. The summed E-state index contributed by atoms with van der Waals surface area (Å²) in [7, 11) is 0. The van der Waals surface area contributed by atoms with E-state index in [4.69, 9.17) is 16.3 Å². The first-order chi connectivity index (χ1) is 11.9. The van der Waals surface area contributed by atoms with Gasteiger partial charge in [0.05, 0.1) is 0 Å². The quantitative estimate of drug-likeness (QED) is 0.727. The average molecular weight is 367 g/mol. The Hall–Kier alpha value is -1.75. The highest BCUT2D eigenvalue weighted by atomic mass is 35.5.